The lowest BCUT2D eigenvalue weighted by molar-refractivity contribution is -0.385. The molecule has 5 saturated heterocycles. The molecule has 0 radical (unpaired) electrons. The first kappa shape index (κ1) is 71.9. The summed E-state index contributed by atoms with van der Waals surface area (Å²) < 4.78 is 1.95. The number of nitrogens with one attached hydrogen (secondary N) is 2. The molecule has 5 aromatic rings. The van der Waals surface area contributed by atoms with Crippen molar-refractivity contribution in [3.05, 3.63) is 105 Å². The monoisotopic (exact) mass is 1270 g/mol. The molecule has 0 aromatic carbocycles. The smallest absolute Gasteiger partial charge is 0.311 e. The second-order valence-corrected chi connectivity index (χ2v) is 23.3. The van der Waals surface area contributed by atoms with Crippen molar-refractivity contribution in [3.8, 4) is 0 Å². The van der Waals surface area contributed by atoms with Crippen LogP contribution < -0.4 is 22.1 Å². The van der Waals surface area contributed by atoms with Crippen molar-refractivity contribution in [1.29, 1.82) is 0 Å². The number of pyridine rings is 4. The predicted octanol–water partition coefficient (Wildman–Crippen LogP) is 9.75. The number of aromatic nitrogens is 6. The number of nitrogen functional groups attached to an aromatic ring is 1. The van der Waals surface area contributed by atoms with Gasteiger partial charge in [-0.1, -0.05) is 78.3 Å². The fourth-order valence-corrected chi connectivity index (χ4v) is 11.7. The van der Waals surface area contributed by atoms with Gasteiger partial charge in [0.05, 0.1) is 47.9 Å². The summed E-state index contributed by atoms with van der Waals surface area (Å²) in [5, 5.41) is 26.9. The first-order chi connectivity index (χ1) is 42.9. The van der Waals surface area contributed by atoms with Crippen LogP contribution in [0.2, 0.25) is 5.15 Å². The molecule has 5 fully saturated rings. The molecule has 5 aromatic heterocycles. The third kappa shape index (κ3) is 22.9. The zero-order valence-electron chi connectivity index (χ0n) is 52.0. The normalized spacial score (nSPS) is 19.3. The molecule has 5 aliphatic heterocycles. The lowest BCUT2D eigenvalue weighted by Crippen LogP contribution is -2.31. The average molecular weight is 1280 g/mol. The van der Waals surface area contributed by atoms with Gasteiger partial charge in [-0.3, -0.25) is 48.8 Å². The molecular weight excluding hydrogens is 1190 g/mol. The third-order valence-corrected chi connectivity index (χ3v) is 16.2. The van der Waals surface area contributed by atoms with Crippen molar-refractivity contribution in [1.82, 2.24) is 54.0 Å². The predicted molar refractivity (Wildman–Crippen MR) is 343 cm³/mol. The Balaban J connectivity index is 0.000000198. The van der Waals surface area contributed by atoms with Crippen LogP contribution in [0, 0.1) is 49.8 Å². The molecule has 89 heavy (non-hydrogen) atoms. The summed E-state index contributed by atoms with van der Waals surface area (Å²) in [6.45, 7) is 16.6. The molecule has 26 nitrogen and oxygen atoms in total. The molecule has 486 valence electrons. The van der Waals surface area contributed by atoms with Crippen molar-refractivity contribution < 1.29 is 33.8 Å². The van der Waals surface area contributed by atoms with Crippen molar-refractivity contribution in [2.45, 2.75) is 138 Å². The highest BCUT2D eigenvalue weighted by Gasteiger charge is 2.32. The molecule has 10 rings (SSSR count). The summed E-state index contributed by atoms with van der Waals surface area (Å²) in [5.74, 6) is 4.39. The van der Waals surface area contributed by atoms with Gasteiger partial charge in [-0.05, 0) is 98.1 Å². The number of carbonyl (C=O) groups is 5. The van der Waals surface area contributed by atoms with E-state index in [9.17, 15) is 44.2 Å². The summed E-state index contributed by atoms with van der Waals surface area (Å²) in [6.07, 6.45) is 22.7. The minimum Gasteiger partial charge on any atom is -0.396 e. The Hall–Kier alpha value is -7.84. The lowest BCUT2D eigenvalue weighted by atomic mass is 10.0. The van der Waals surface area contributed by atoms with E-state index in [0.29, 0.717) is 106 Å². The van der Waals surface area contributed by atoms with Crippen molar-refractivity contribution in [2.24, 2.45) is 35.3 Å². The van der Waals surface area contributed by atoms with Gasteiger partial charge in [0, 0.05) is 102 Å². The van der Waals surface area contributed by atoms with Crippen LogP contribution >= 0.6 is 23.2 Å². The molecule has 5 atom stereocenters. The minimum absolute atomic E-state index is 0.0764. The van der Waals surface area contributed by atoms with Crippen LogP contribution in [0.25, 0.3) is 11.2 Å². The van der Waals surface area contributed by atoms with Gasteiger partial charge in [0.15, 0.2) is 11.5 Å². The summed E-state index contributed by atoms with van der Waals surface area (Å²) in [5.41, 5.74) is 13.3. The number of nitrogens with two attached hydrogens (primary N) is 2. The molecule has 5 aliphatic rings. The Bertz CT molecular complexity index is 3040. The summed E-state index contributed by atoms with van der Waals surface area (Å²) in [6, 6.07) is 13.4. The Kier molecular flexibility index (Phi) is 30.6. The number of carbonyl (C=O) groups excluding carboxylic acids is 5. The topological polar surface area (TPSA) is 333 Å². The van der Waals surface area contributed by atoms with Gasteiger partial charge in [-0.25, -0.2) is 24.9 Å². The number of fused-ring (bicyclic) bond motifs is 1. The van der Waals surface area contributed by atoms with Crippen LogP contribution in [-0.4, -0.2) is 152 Å². The van der Waals surface area contributed by atoms with Crippen molar-refractivity contribution in [3.63, 3.8) is 0 Å². The molecule has 0 spiro atoms. The van der Waals surface area contributed by atoms with E-state index in [4.69, 9.17) is 34.7 Å². The van der Waals surface area contributed by atoms with Gasteiger partial charge < -0.3 is 46.6 Å². The quantitative estimate of drug-likeness (QED) is 0.0165. The number of hydrogen-bond donors (Lipinski definition) is 4. The van der Waals surface area contributed by atoms with Gasteiger partial charge in [0.2, 0.25) is 40.5 Å². The van der Waals surface area contributed by atoms with Crippen LogP contribution in [0.4, 0.5) is 28.7 Å². The molecule has 0 saturated carbocycles. The fraction of sp³-hybridized carbons (Fsp3) is 0.574. The maximum Gasteiger partial charge on any atom is 0.311 e. The number of likely N-dealkylation sites (tertiary alicyclic amines) is 5. The molecule has 6 N–H and O–H groups in total. The number of anilines is 3. The number of alkyl halides is 1. The van der Waals surface area contributed by atoms with Crippen molar-refractivity contribution >= 4 is 92.6 Å². The van der Waals surface area contributed by atoms with Crippen LogP contribution in [0.1, 0.15) is 131 Å². The van der Waals surface area contributed by atoms with Gasteiger partial charge in [-0.2, -0.15) is 0 Å². The first-order valence-corrected chi connectivity index (χ1v) is 31.7. The van der Waals surface area contributed by atoms with Crippen LogP contribution in [0.3, 0.4) is 0 Å². The fourth-order valence-electron chi connectivity index (χ4n) is 11.3. The number of halogens is 2. The number of imidazole rings is 1. The van der Waals surface area contributed by atoms with Gasteiger partial charge in [0.1, 0.15) is 12.2 Å². The van der Waals surface area contributed by atoms with Crippen LogP contribution in [0.15, 0.2) is 79.6 Å². The summed E-state index contributed by atoms with van der Waals surface area (Å²) in [7, 11) is 0. The number of nitro groups is 2. The van der Waals surface area contributed by atoms with Gasteiger partial charge in [0.25, 0.3) is 0 Å². The van der Waals surface area contributed by atoms with E-state index in [-0.39, 0.29) is 58.6 Å². The standard InChI is InChI=1S/C14H18N4O.C13H18N4O3.C13H20N4O.C8H14ClNO.C8H16N2O.C5H3ClN2O2/c1-2-4-11-7-13(19)17(8-11)10-18-9-16-12-5-3-6-15-14(12)18;1-2-4-10-7-12(18)16(8-10)9-15-13-11(17(19)20)5-3-6-14-13;1-2-4-10-7-12(18)17(8-10)9-16-13-11(14)5-3-6-15-13;2*1-2-3-7-4-8(11)10(5-7)6-9;6-5-4(8(9)10)2-1-3-7-5/h3,5-6,9,11H,2,4,7-8,10H2,1H3;3,5-6,10H,2,4,7-9H2,1H3,(H,14,15);3,5-6,10H,2,4,7-9,14H2,1H3,(H,15,16);7H,2-6H2,1H3;7H,2-6,9H2,1H3;1-3H. The van der Waals surface area contributed by atoms with Crippen LogP contribution in [0.5, 0.6) is 0 Å². The molecule has 28 heteroatoms. The van der Waals surface area contributed by atoms with Crippen molar-refractivity contribution in [2.75, 3.05) is 75.1 Å². The molecule has 5 unspecified atom stereocenters. The largest absolute Gasteiger partial charge is 0.396 e. The van der Waals surface area contributed by atoms with E-state index >= 15 is 0 Å². The highest BCUT2D eigenvalue weighted by atomic mass is 35.5. The lowest BCUT2D eigenvalue weighted by Gasteiger charge is -2.18. The minimum atomic E-state index is -0.574. The molecule has 10 heterocycles. The van der Waals surface area contributed by atoms with Gasteiger partial charge in [-0.15, -0.1) is 11.6 Å². The molecule has 0 bridgehead atoms. The van der Waals surface area contributed by atoms with E-state index in [1.807, 2.05) is 26.5 Å². The molecule has 0 aliphatic carbocycles. The van der Waals surface area contributed by atoms with E-state index in [1.165, 1.54) is 36.7 Å². The third-order valence-electron chi connectivity index (χ3n) is 15.7. The SMILES string of the molecule is CCCC1CC(=O)N(CCl)C1.CCCC1CC(=O)N(CN)C1.CCCC1CC(=O)N(CNc2ncccc2N)C1.CCCC1CC(=O)N(CNc2ncccc2[N+](=O)[O-])C1.CCCC1CC(=O)N(Cn2cnc3cccnc32)C1.O=[N+]([O-])c1cccnc1Cl. The first-order valence-electron chi connectivity index (χ1n) is 30.8. The second kappa shape index (κ2) is 37.9. The Labute approximate surface area is 531 Å². The summed E-state index contributed by atoms with van der Waals surface area (Å²) >= 11 is 10.9. The number of amides is 5. The van der Waals surface area contributed by atoms with E-state index in [0.717, 1.165) is 102 Å². The maximum atomic E-state index is 12.0. The average Bonchev–Trinajstić information content (AvgIpc) is 3.81. The number of nitrogens with zero attached hydrogens (tertiary/aromatic N) is 13. The molecule has 5 amide bonds. The summed E-state index contributed by atoms with van der Waals surface area (Å²) in [4.78, 5) is 107. The highest BCUT2D eigenvalue weighted by Crippen LogP contribution is 2.28. The van der Waals surface area contributed by atoms with E-state index in [1.54, 1.807) is 45.6 Å². The maximum absolute atomic E-state index is 12.0. The van der Waals surface area contributed by atoms with E-state index < -0.39 is 9.85 Å². The van der Waals surface area contributed by atoms with E-state index in [2.05, 4.69) is 70.2 Å². The Morgan fingerprint density at radius 2 is 0.921 bits per heavy atom. The molecular formula is C61H89Cl2N17O9. The Morgan fingerprint density at radius 1 is 0.528 bits per heavy atom. The zero-order valence-corrected chi connectivity index (χ0v) is 53.5. The zero-order chi connectivity index (χ0) is 64.8. The van der Waals surface area contributed by atoms with Crippen LogP contribution in [-0.2, 0) is 30.6 Å². The number of hydrogen-bond acceptors (Lipinski definition) is 18. The second-order valence-electron chi connectivity index (χ2n) is 22.7. The van der Waals surface area contributed by atoms with Gasteiger partial charge >= 0.3 is 11.4 Å². The number of rotatable bonds is 22. The Morgan fingerprint density at radius 3 is 1.36 bits per heavy atom. The highest BCUT2D eigenvalue weighted by molar-refractivity contribution is 6.31.